The van der Waals surface area contributed by atoms with Crippen molar-refractivity contribution in [3.63, 3.8) is 0 Å². The minimum absolute atomic E-state index is 0.00790. The van der Waals surface area contributed by atoms with Crippen LogP contribution in [0.1, 0.15) is 58.8 Å². The van der Waals surface area contributed by atoms with Gasteiger partial charge in [-0.1, -0.05) is 32.8 Å². The first-order valence-corrected chi connectivity index (χ1v) is 8.09. The van der Waals surface area contributed by atoms with E-state index in [0.29, 0.717) is 6.61 Å². The molecule has 5 nitrogen and oxygen atoms in total. The normalized spacial score (nSPS) is 16.5. The van der Waals surface area contributed by atoms with E-state index < -0.39 is 12.6 Å². The van der Waals surface area contributed by atoms with Crippen molar-refractivity contribution in [2.75, 3.05) is 13.2 Å². The fourth-order valence-electron chi connectivity index (χ4n) is 2.48. The summed E-state index contributed by atoms with van der Waals surface area (Å²) >= 11 is 0. The van der Waals surface area contributed by atoms with Crippen molar-refractivity contribution in [1.82, 2.24) is 0 Å². The minimum Gasteiger partial charge on any atom is -0.479 e. The molecule has 0 aromatic heterocycles. The van der Waals surface area contributed by atoms with Gasteiger partial charge in [-0.15, -0.1) is 6.58 Å². The van der Waals surface area contributed by atoms with E-state index in [1.807, 2.05) is 6.08 Å². The van der Waals surface area contributed by atoms with E-state index in [1.54, 1.807) is 0 Å². The van der Waals surface area contributed by atoms with Gasteiger partial charge >= 0.3 is 12.1 Å². The predicted octanol–water partition coefficient (Wildman–Crippen LogP) is 3.79. The van der Waals surface area contributed by atoms with Gasteiger partial charge in [-0.3, -0.25) is 0 Å². The second kappa shape index (κ2) is 9.49. The number of rotatable bonds is 9. The van der Waals surface area contributed by atoms with Crippen LogP contribution in [0.2, 0.25) is 0 Å². The lowest BCUT2D eigenvalue weighted by atomic mass is 9.88. The largest absolute Gasteiger partial charge is 0.479 e. The molecule has 0 aliphatic heterocycles. The van der Waals surface area contributed by atoms with Crippen LogP contribution in [0.5, 0.6) is 0 Å². The molecule has 1 fully saturated rings. The molecule has 1 N–H and O–H groups in total. The first kappa shape index (κ1) is 18.5. The molecular weight excluding hydrogens is 282 g/mol. The van der Waals surface area contributed by atoms with Crippen LogP contribution in [-0.4, -0.2) is 36.4 Å². The zero-order chi connectivity index (χ0) is 16.4. The first-order valence-electron chi connectivity index (χ1n) is 8.09. The maximum atomic E-state index is 10.7. The summed E-state index contributed by atoms with van der Waals surface area (Å²) in [4.78, 5) is 15.1. The van der Waals surface area contributed by atoms with Gasteiger partial charge in [0.1, 0.15) is 0 Å². The number of hydrogen-bond acceptors (Lipinski definition) is 4. The molecule has 0 bridgehead atoms. The van der Waals surface area contributed by atoms with Gasteiger partial charge < -0.3 is 14.6 Å². The van der Waals surface area contributed by atoms with E-state index >= 15 is 0 Å². The Hall–Kier alpha value is -1.52. The van der Waals surface area contributed by atoms with Crippen LogP contribution in [-0.2, 0) is 14.3 Å². The molecule has 1 aliphatic carbocycles. The minimum atomic E-state index is -1.02. The molecular formula is C17H29NO4. The van der Waals surface area contributed by atoms with Gasteiger partial charge in [0.25, 0.3) is 0 Å². The van der Waals surface area contributed by atoms with Crippen molar-refractivity contribution in [3.8, 4) is 0 Å². The molecule has 0 atom stereocenters. The van der Waals surface area contributed by atoms with Crippen molar-refractivity contribution in [3.05, 3.63) is 12.7 Å². The quantitative estimate of drug-likeness (QED) is 0.304. The Morgan fingerprint density at radius 1 is 1.36 bits per heavy atom. The summed E-state index contributed by atoms with van der Waals surface area (Å²) in [6, 6.07) is 0.202. The maximum absolute atomic E-state index is 10.7. The fraction of sp³-hybridized carbons (Fsp3) is 0.765. The highest BCUT2D eigenvalue weighted by Crippen LogP contribution is 2.25. The third-order valence-corrected chi connectivity index (χ3v) is 3.78. The SMILES string of the molecule is C=CCCCC(C)(C)COC(=NC1CCCC1)OCC(=O)O. The molecule has 0 unspecified atom stereocenters. The smallest absolute Gasteiger partial charge is 0.384 e. The second-order valence-corrected chi connectivity index (χ2v) is 6.65. The molecule has 0 aromatic rings. The Morgan fingerprint density at radius 3 is 2.64 bits per heavy atom. The zero-order valence-corrected chi connectivity index (χ0v) is 13.8. The van der Waals surface area contributed by atoms with Gasteiger partial charge in [-0.25, -0.2) is 9.79 Å². The van der Waals surface area contributed by atoms with Gasteiger partial charge in [0.2, 0.25) is 0 Å². The summed E-state index contributed by atoms with van der Waals surface area (Å²) < 4.78 is 10.9. The Bertz CT molecular complexity index is 384. The van der Waals surface area contributed by atoms with Crippen molar-refractivity contribution in [1.29, 1.82) is 0 Å². The Labute approximate surface area is 133 Å². The summed E-state index contributed by atoms with van der Waals surface area (Å²) in [7, 11) is 0. The van der Waals surface area contributed by atoms with Crippen LogP contribution in [0, 0.1) is 5.41 Å². The Kier molecular flexibility index (Phi) is 7.99. The number of carbonyl (C=O) groups is 1. The molecule has 0 amide bonds. The molecule has 0 spiro atoms. The lowest BCUT2D eigenvalue weighted by Crippen LogP contribution is -2.25. The molecule has 5 heteroatoms. The van der Waals surface area contributed by atoms with Crippen molar-refractivity contribution in [2.45, 2.75) is 64.8 Å². The Balaban J connectivity index is 2.51. The third-order valence-electron chi connectivity index (χ3n) is 3.78. The van der Waals surface area contributed by atoms with E-state index in [0.717, 1.165) is 44.9 Å². The summed E-state index contributed by atoms with van der Waals surface area (Å²) in [5.74, 6) is -1.02. The molecule has 1 saturated carbocycles. The van der Waals surface area contributed by atoms with Crippen molar-refractivity contribution in [2.24, 2.45) is 10.4 Å². The highest BCUT2D eigenvalue weighted by atomic mass is 16.7. The predicted molar refractivity (Wildman–Crippen MR) is 87.1 cm³/mol. The first-order chi connectivity index (χ1) is 10.4. The van der Waals surface area contributed by atoms with E-state index in [4.69, 9.17) is 14.6 Å². The van der Waals surface area contributed by atoms with Crippen LogP contribution in [0.4, 0.5) is 0 Å². The molecule has 1 rings (SSSR count). The van der Waals surface area contributed by atoms with E-state index in [-0.39, 0.29) is 17.5 Å². The van der Waals surface area contributed by atoms with E-state index in [1.165, 1.54) is 0 Å². The molecule has 1 aliphatic rings. The summed E-state index contributed by atoms with van der Waals surface area (Å²) in [5, 5.41) is 8.75. The van der Waals surface area contributed by atoms with Crippen LogP contribution < -0.4 is 0 Å². The van der Waals surface area contributed by atoms with E-state index in [9.17, 15) is 4.79 Å². The second-order valence-electron chi connectivity index (χ2n) is 6.65. The molecule has 0 heterocycles. The summed E-state index contributed by atoms with van der Waals surface area (Å²) in [6.07, 6.45) is 9.46. The number of carboxylic acid groups (broad SMARTS) is 1. The van der Waals surface area contributed by atoms with Crippen LogP contribution in [0.15, 0.2) is 17.6 Å². The number of ether oxygens (including phenoxy) is 2. The highest BCUT2D eigenvalue weighted by Gasteiger charge is 2.22. The van der Waals surface area contributed by atoms with Crippen molar-refractivity contribution >= 4 is 12.1 Å². The average molecular weight is 311 g/mol. The van der Waals surface area contributed by atoms with Gasteiger partial charge in [-0.05, 0) is 37.5 Å². The lowest BCUT2D eigenvalue weighted by Gasteiger charge is -2.24. The third kappa shape index (κ3) is 8.05. The number of hydrogen-bond donors (Lipinski definition) is 1. The summed E-state index contributed by atoms with van der Waals surface area (Å²) in [6.45, 7) is 8.03. The van der Waals surface area contributed by atoms with Crippen LogP contribution in [0.3, 0.4) is 0 Å². The molecule has 0 radical (unpaired) electrons. The van der Waals surface area contributed by atoms with Crippen molar-refractivity contribution < 1.29 is 19.4 Å². The number of aliphatic imine (C=N–C) groups is 1. The molecule has 0 saturated heterocycles. The molecule has 22 heavy (non-hydrogen) atoms. The monoisotopic (exact) mass is 311 g/mol. The van der Waals surface area contributed by atoms with Gasteiger partial charge in [0.15, 0.2) is 6.61 Å². The number of carboxylic acids is 1. The molecule has 126 valence electrons. The topological polar surface area (TPSA) is 68.1 Å². The fourth-order valence-corrected chi connectivity index (χ4v) is 2.48. The number of aliphatic carboxylic acids is 1. The number of allylic oxidation sites excluding steroid dienone is 1. The van der Waals surface area contributed by atoms with Crippen LogP contribution in [0.25, 0.3) is 0 Å². The number of unbranched alkanes of at least 4 members (excludes halogenated alkanes) is 1. The zero-order valence-electron chi connectivity index (χ0n) is 13.8. The number of nitrogens with zero attached hydrogens (tertiary/aromatic N) is 1. The van der Waals surface area contributed by atoms with Crippen LogP contribution >= 0.6 is 0 Å². The lowest BCUT2D eigenvalue weighted by molar-refractivity contribution is -0.140. The van der Waals surface area contributed by atoms with E-state index in [2.05, 4.69) is 25.4 Å². The average Bonchev–Trinajstić information content (AvgIpc) is 2.95. The molecule has 0 aromatic carbocycles. The Morgan fingerprint density at radius 2 is 2.05 bits per heavy atom. The van der Waals surface area contributed by atoms with Gasteiger partial charge in [-0.2, -0.15) is 0 Å². The maximum Gasteiger partial charge on any atom is 0.384 e. The van der Waals surface area contributed by atoms with Gasteiger partial charge in [0.05, 0.1) is 12.6 Å². The highest BCUT2D eigenvalue weighted by molar-refractivity contribution is 5.74. The van der Waals surface area contributed by atoms with Gasteiger partial charge in [0, 0.05) is 0 Å². The summed E-state index contributed by atoms with van der Waals surface area (Å²) in [5.41, 5.74) is -0.00790. The standard InChI is InChI=1S/C17H29NO4/c1-4-5-8-11-17(2,3)13-22-16(21-12-15(19)20)18-14-9-6-7-10-14/h4,14H,1,5-13H2,2-3H3,(H,19,20).